The average Bonchev–Trinajstić information content (AvgIpc) is 2.47. The summed E-state index contributed by atoms with van der Waals surface area (Å²) < 4.78 is 0. The first-order valence-electron chi connectivity index (χ1n) is 7.32. The van der Waals surface area contributed by atoms with E-state index in [0.29, 0.717) is 0 Å². The first kappa shape index (κ1) is 14.6. The Morgan fingerprint density at radius 2 is 2.25 bits per heavy atom. The smallest absolute Gasteiger partial charge is 0.240 e. The van der Waals surface area contributed by atoms with Crippen molar-refractivity contribution in [2.75, 3.05) is 23.3 Å². The molecule has 1 fully saturated rings. The Hall–Kier alpha value is -1.85. The zero-order valence-corrected chi connectivity index (χ0v) is 12.2. The molecule has 1 aromatic heterocycles. The molecule has 1 amide bonds. The van der Waals surface area contributed by atoms with Gasteiger partial charge in [-0.05, 0) is 32.6 Å². The Balaban J connectivity index is 2.39. The first-order chi connectivity index (χ1) is 9.69. The Morgan fingerprint density at radius 3 is 2.90 bits per heavy atom. The van der Waals surface area contributed by atoms with Crippen LogP contribution in [0.15, 0.2) is 6.33 Å². The molecule has 6 heteroatoms. The van der Waals surface area contributed by atoms with Gasteiger partial charge in [-0.25, -0.2) is 9.97 Å². The quantitative estimate of drug-likeness (QED) is 0.848. The van der Waals surface area contributed by atoms with Crippen LogP contribution < -0.4 is 16.0 Å². The summed E-state index contributed by atoms with van der Waals surface area (Å²) in [4.78, 5) is 22.4. The minimum Gasteiger partial charge on any atom is -0.370 e. The van der Waals surface area contributed by atoms with Crippen LogP contribution in [0.25, 0.3) is 0 Å². The van der Waals surface area contributed by atoms with Crippen LogP contribution in [0.5, 0.6) is 0 Å². The molecule has 2 heterocycles. The van der Waals surface area contributed by atoms with Gasteiger partial charge in [0.25, 0.3) is 0 Å². The lowest BCUT2D eigenvalue weighted by Gasteiger charge is -2.35. The van der Waals surface area contributed by atoms with Gasteiger partial charge in [0.1, 0.15) is 24.0 Å². The van der Waals surface area contributed by atoms with Gasteiger partial charge in [-0.15, -0.1) is 0 Å². The molecule has 1 atom stereocenters. The number of nitrogens with zero attached hydrogens (tertiary/aromatic N) is 3. The molecular weight excluding hydrogens is 254 g/mol. The van der Waals surface area contributed by atoms with E-state index in [1.165, 1.54) is 0 Å². The van der Waals surface area contributed by atoms with Gasteiger partial charge in [-0.1, -0.05) is 6.92 Å². The van der Waals surface area contributed by atoms with Crippen molar-refractivity contribution in [1.82, 2.24) is 9.97 Å². The van der Waals surface area contributed by atoms with E-state index in [1.807, 2.05) is 11.8 Å². The molecule has 6 nitrogen and oxygen atoms in total. The molecule has 0 aromatic carbocycles. The molecule has 1 unspecified atom stereocenters. The number of anilines is 2. The topological polar surface area (TPSA) is 84.1 Å². The summed E-state index contributed by atoms with van der Waals surface area (Å²) >= 11 is 0. The van der Waals surface area contributed by atoms with Gasteiger partial charge in [0, 0.05) is 18.7 Å². The second-order valence-electron chi connectivity index (χ2n) is 5.02. The number of carbonyl (C=O) groups excluding carboxylic acids is 1. The van der Waals surface area contributed by atoms with Crippen LogP contribution >= 0.6 is 0 Å². The normalized spacial score (nSPS) is 18.9. The van der Waals surface area contributed by atoms with Crippen LogP contribution in [-0.2, 0) is 11.2 Å². The van der Waals surface area contributed by atoms with Gasteiger partial charge in [0.15, 0.2) is 0 Å². The molecule has 0 saturated carbocycles. The third kappa shape index (κ3) is 2.84. The van der Waals surface area contributed by atoms with E-state index in [0.717, 1.165) is 56.0 Å². The lowest BCUT2D eigenvalue weighted by Crippen LogP contribution is -2.48. The number of rotatable bonds is 5. The number of hydrogen-bond donors (Lipinski definition) is 2. The van der Waals surface area contributed by atoms with Gasteiger partial charge in [-0.3, -0.25) is 4.79 Å². The SMILES string of the molecule is CCNc1ncnc(N2CCCCC2C(N)=O)c1CC. The highest BCUT2D eigenvalue weighted by atomic mass is 16.1. The monoisotopic (exact) mass is 277 g/mol. The summed E-state index contributed by atoms with van der Waals surface area (Å²) in [6.45, 7) is 5.74. The maximum absolute atomic E-state index is 11.7. The number of nitrogens with one attached hydrogen (secondary N) is 1. The molecule has 0 spiro atoms. The number of primary amides is 1. The molecule has 0 aliphatic carbocycles. The largest absolute Gasteiger partial charge is 0.370 e. The predicted molar refractivity (Wildman–Crippen MR) is 79.8 cm³/mol. The molecule has 110 valence electrons. The fraction of sp³-hybridized carbons (Fsp3) is 0.643. The maximum atomic E-state index is 11.7. The highest BCUT2D eigenvalue weighted by Gasteiger charge is 2.29. The lowest BCUT2D eigenvalue weighted by molar-refractivity contribution is -0.119. The molecular formula is C14H23N5O. The number of amides is 1. The van der Waals surface area contributed by atoms with E-state index in [2.05, 4.69) is 22.2 Å². The standard InChI is InChI=1S/C14H23N5O/c1-3-10-13(16-4-2)17-9-18-14(10)19-8-6-5-7-11(19)12(15)20/h9,11H,3-8H2,1-2H3,(H2,15,20)(H,16,17,18). The van der Waals surface area contributed by atoms with E-state index in [9.17, 15) is 4.79 Å². The molecule has 1 saturated heterocycles. The summed E-state index contributed by atoms with van der Waals surface area (Å²) in [5.41, 5.74) is 6.60. The molecule has 1 aliphatic heterocycles. The maximum Gasteiger partial charge on any atom is 0.240 e. The second-order valence-corrected chi connectivity index (χ2v) is 5.02. The van der Waals surface area contributed by atoms with Gasteiger partial charge >= 0.3 is 0 Å². The number of piperidine rings is 1. The summed E-state index contributed by atoms with van der Waals surface area (Å²) in [5.74, 6) is 1.44. The highest BCUT2D eigenvalue weighted by molar-refractivity contribution is 5.84. The molecule has 1 aromatic rings. The first-order valence-corrected chi connectivity index (χ1v) is 7.32. The Morgan fingerprint density at radius 1 is 1.45 bits per heavy atom. The summed E-state index contributed by atoms with van der Waals surface area (Å²) in [7, 11) is 0. The average molecular weight is 277 g/mol. The van der Waals surface area contributed by atoms with E-state index in [1.54, 1.807) is 6.33 Å². The molecule has 1 aliphatic rings. The van der Waals surface area contributed by atoms with Gasteiger partial charge in [0.2, 0.25) is 5.91 Å². The predicted octanol–water partition coefficient (Wildman–Crippen LogP) is 1.31. The van der Waals surface area contributed by atoms with E-state index >= 15 is 0 Å². The van der Waals surface area contributed by atoms with Crippen molar-refractivity contribution in [3.63, 3.8) is 0 Å². The van der Waals surface area contributed by atoms with Crippen LogP contribution in [-0.4, -0.2) is 35.0 Å². The van der Waals surface area contributed by atoms with Crippen molar-refractivity contribution < 1.29 is 4.79 Å². The van der Waals surface area contributed by atoms with Crippen molar-refractivity contribution in [3.05, 3.63) is 11.9 Å². The Bertz CT molecular complexity index is 477. The molecule has 0 radical (unpaired) electrons. The molecule has 3 N–H and O–H groups in total. The molecule has 0 bridgehead atoms. The van der Waals surface area contributed by atoms with Crippen LogP contribution in [0, 0.1) is 0 Å². The molecule has 2 rings (SSSR count). The lowest BCUT2D eigenvalue weighted by atomic mass is 10.0. The minimum absolute atomic E-state index is 0.251. The number of hydrogen-bond acceptors (Lipinski definition) is 5. The third-order valence-electron chi connectivity index (χ3n) is 3.72. The number of nitrogens with two attached hydrogens (primary N) is 1. The van der Waals surface area contributed by atoms with Crippen LogP contribution in [0.2, 0.25) is 0 Å². The second kappa shape index (κ2) is 6.54. The van der Waals surface area contributed by atoms with Crippen molar-refractivity contribution in [3.8, 4) is 0 Å². The van der Waals surface area contributed by atoms with Crippen molar-refractivity contribution in [2.24, 2.45) is 5.73 Å². The number of aromatic nitrogens is 2. The number of carbonyl (C=O) groups is 1. The fourth-order valence-corrected chi connectivity index (χ4v) is 2.78. The summed E-state index contributed by atoms with van der Waals surface area (Å²) in [6, 6.07) is -0.251. The van der Waals surface area contributed by atoms with Gasteiger partial charge in [0.05, 0.1) is 0 Å². The third-order valence-corrected chi connectivity index (χ3v) is 3.72. The van der Waals surface area contributed by atoms with Crippen LogP contribution in [0.3, 0.4) is 0 Å². The van der Waals surface area contributed by atoms with Gasteiger partial charge < -0.3 is 16.0 Å². The van der Waals surface area contributed by atoms with Crippen molar-refractivity contribution >= 4 is 17.5 Å². The minimum atomic E-state index is -0.268. The van der Waals surface area contributed by atoms with Crippen molar-refractivity contribution in [2.45, 2.75) is 45.6 Å². The summed E-state index contributed by atoms with van der Waals surface area (Å²) in [5, 5.41) is 3.26. The van der Waals surface area contributed by atoms with E-state index in [4.69, 9.17) is 5.73 Å². The van der Waals surface area contributed by atoms with Crippen molar-refractivity contribution in [1.29, 1.82) is 0 Å². The van der Waals surface area contributed by atoms with E-state index < -0.39 is 0 Å². The summed E-state index contributed by atoms with van der Waals surface area (Å²) in [6.07, 6.45) is 5.28. The van der Waals surface area contributed by atoms with Crippen LogP contribution in [0.4, 0.5) is 11.6 Å². The molecule has 20 heavy (non-hydrogen) atoms. The van der Waals surface area contributed by atoms with Crippen LogP contribution in [0.1, 0.15) is 38.7 Å². The Labute approximate surface area is 119 Å². The zero-order valence-electron chi connectivity index (χ0n) is 12.2. The fourth-order valence-electron chi connectivity index (χ4n) is 2.78. The highest BCUT2D eigenvalue weighted by Crippen LogP contribution is 2.29. The zero-order chi connectivity index (χ0) is 14.5. The van der Waals surface area contributed by atoms with E-state index in [-0.39, 0.29) is 11.9 Å². The Kier molecular flexibility index (Phi) is 4.76. The van der Waals surface area contributed by atoms with Gasteiger partial charge in [-0.2, -0.15) is 0 Å².